The summed E-state index contributed by atoms with van der Waals surface area (Å²) in [5.41, 5.74) is 4.85. The smallest absolute Gasteiger partial charge is 0.281 e. The first kappa shape index (κ1) is 9.90. The number of hydrogen-bond acceptors (Lipinski definition) is 3. The second kappa shape index (κ2) is 2.87. The Kier molecular flexibility index (Phi) is 2.59. The number of aliphatic carboxylic acids is 1. The Morgan fingerprint density at radius 2 is 1.73 bits per heavy atom. The molecule has 5 heteroatoms. The molecular formula is C6H12N2O3. The molecule has 0 aliphatic carbocycles. The number of carboxylic acids is 1. The Bertz CT molecular complexity index is 169. The first-order valence-electron chi connectivity index (χ1n) is 3.08. The van der Waals surface area contributed by atoms with E-state index in [0.29, 0.717) is 0 Å². The summed E-state index contributed by atoms with van der Waals surface area (Å²) in [5, 5.41) is 10.4. The van der Waals surface area contributed by atoms with Gasteiger partial charge in [0.15, 0.2) is 0 Å². The van der Waals surface area contributed by atoms with Crippen LogP contribution in [0.2, 0.25) is 0 Å². The highest BCUT2D eigenvalue weighted by Gasteiger charge is 2.30. The van der Waals surface area contributed by atoms with Gasteiger partial charge in [0.25, 0.3) is 5.91 Å². The molecule has 0 aliphatic heterocycles. The quantitative estimate of drug-likeness (QED) is 0.360. The highest BCUT2D eigenvalue weighted by Crippen LogP contribution is 2.00. The predicted molar refractivity (Wildman–Crippen MR) is 36.0 cm³/mol. The summed E-state index contributed by atoms with van der Waals surface area (Å²) in [6.45, 7) is 0. The van der Waals surface area contributed by atoms with Crippen molar-refractivity contribution in [2.75, 3.05) is 21.1 Å². The van der Waals surface area contributed by atoms with Crippen LogP contribution in [0.4, 0.5) is 0 Å². The van der Waals surface area contributed by atoms with Crippen LogP contribution in [-0.2, 0) is 9.59 Å². The molecule has 0 aliphatic rings. The highest BCUT2D eigenvalue weighted by atomic mass is 16.4. The van der Waals surface area contributed by atoms with Crippen LogP contribution >= 0.6 is 0 Å². The van der Waals surface area contributed by atoms with Gasteiger partial charge >= 0.3 is 0 Å². The van der Waals surface area contributed by atoms with Gasteiger partial charge in [-0.2, -0.15) is 0 Å². The molecule has 0 saturated heterocycles. The minimum atomic E-state index is -1.44. The van der Waals surface area contributed by atoms with E-state index in [4.69, 9.17) is 5.73 Å². The van der Waals surface area contributed by atoms with Crippen molar-refractivity contribution in [1.29, 1.82) is 0 Å². The molecule has 11 heavy (non-hydrogen) atoms. The van der Waals surface area contributed by atoms with Crippen LogP contribution < -0.4 is 10.8 Å². The minimum absolute atomic E-state index is 0.0579. The Hall–Kier alpha value is -1.10. The van der Waals surface area contributed by atoms with Crippen LogP contribution in [0, 0.1) is 0 Å². The largest absolute Gasteiger partial charge is 0.543 e. The average molecular weight is 160 g/mol. The summed E-state index contributed by atoms with van der Waals surface area (Å²) >= 11 is 0. The van der Waals surface area contributed by atoms with Crippen LogP contribution in [-0.4, -0.2) is 43.5 Å². The Balaban J connectivity index is 4.63. The second-order valence-corrected chi connectivity index (χ2v) is 3.24. The van der Waals surface area contributed by atoms with Crippen molar-refractivity contribution in [3.8, 4) is 0 Å². The third-order valence-electron chi connectivity index (χ3n) is 1.27. The van der Waals surface area contributed by atoms with E-state index in [2.05, 4.69) is 0 Å². The zero-order valence-corrected chi connectivity index (χ0v) is 6.83. The molecule has 2 N–H and O–H groups in total. The fourth-order valence-electron chi connectivity index (χ4n) is 0.814. The lowest BCUT2D eigenvalue weighted by molar-refractivity contribution is -0.880. The van der Waals surface area contributed by atoms with Crippen molar-refractivity contribution in [3.05, 3.63) is 0 Å². The number of carbonyl (C=O) groups excluding carboxylic acids is 2. The van der Waals surface area contributed by atoms with E-state index in [1.165, 1.54) is 0 Å². The average Bonchev–Trinajstić information content (AvgIpc) is 1.54. The summed E-state index contributed by atoms with van der Waals surface area (Å²) < 4.78 is -0.0579. The van der Waals surface area contributed by atoms with E-state index in [9.17, 15) is 14.7 Å². The number of likely N-dealkylation sites (N-methyl/N-ethyl adjacent to an activating group) is 1. The van der Waals surface area contributed by atoms with Crippen LogP contribution in [0.5, 0.6) is 0 Å². The van der Waals surface area contributed by atoms with E-state index in [1.54, 1.807) is 21.1 Å². The van der Waals surface area contributed by atoms with Gasteiger partial charge in [-0.3, -0.25) is 4.79 Å². The van der Waals surface area contributed by atoms with Gasteiger partial charge in [-0.1, -0.05) is 0 Å². The summed E-state index contributed by atoms with van der Waals surface area (Å²) in [5.74, 6) is -2.32. The maximum absolute atomic E-state index is 10.6. The van der Waals surface area contributed by atoms with Crippen LogP contribution in [0.3, 0.4) is 0 Å². The molecule has 0 aromatic rings. The first-order chi connectivity index (χ1) is 4.76. The van der Waals surface area contributed by atoms with Gasteiger partial charge in [0.1, 0.15) is 5.97 Å². The van der Waals surface area contributed by atoms with Crippen molar-refractivity contribution in [3.63, 3.8) is 0 Å². The van der Waals surface area contributed by atoms with Gasteiger partial charge < -0.3 is 20.1 Å². The zero-order valence-electron chi connectivity index (χ0n) is 6.83. The summed E-state index contributed by atoms with van der Waals surface area (Å²) in [7, 11) is 4.68. The number of rotatable bonds is 3. The summed E-state index contributed by atoms with van der Waals surface area (Å²) in [6.07, 6.45) is 0. The number of hydrogen-bond donors (Lipinski definition) is 1. The monoisotopic (exact) mass is 160 g/mol. The molecule has 0 rings (SSSR count). The number of quaternary nitrogens is 1. The lowest BCUT2D eigenvalue weighted by Crippen LogP contribution is -2.60. The van der Waals surface area contributed by atoms with Gasteiger partial charge in [0.05, 0.1) is 21.1 Å². The Morgan fingerprint density at radius 3 is 1.73 bits per heavy atom. The lowest BCUT2D eigenvalue weighted by Gasteiger charge is -2.31. The standard InChI is InChI=1S/C6H12N2O3/c1-8(2,3)4(5(7)9)6(10)11/h4H,1-3H3,(H2-,7,9,10,11). The SMILES string of the molecule is C[N+](C)(C)C(C(N)=O)C(=O)[O-]. The third-order valence-corrected chi connectivity index (χ3v) is 1.27. The molecule has 0 aromatic heterocycles. The zero-order chi connectivity index (χ0) is 9.23. The second-order valence-electron chi connectivity index (χ2n) is 3.24. The number of carboxylic acid groups (broad SMARTS) is 1. The molecule has 64 valence electrons. The number of nitrogens with two attached hydrogens (primary N) is 1. The molecule has 1 atom stereocenters. The van der Waals surface area contributed by atoms with Gasteiger partial charge in [0, 0.05) is 0 Å². The molecule has 1 unspecified atom stereocenters. The van der Waals surface area contributed by atoms with Gasteiger partial charge in [0.2, 0.25) is 6.04 Å². The van der Waals surface area contributed by atoms with E-state index in [-0.39, 0.29) is 4.48 Å². The van der Waals surface area contributed by atoms with Crippen LogP contribution in [0.15, 0.2) is 0 Å². The molecule has 1 amide bonds. The fraction of sp³-hybridized carbons (Fsp3) is 0.667. The van der Waals surface area contributed by atoms with Gasteiger partial charge in [-0.05, 0) is 0 Å². The molecule has 0 aromatic carbocycles. The predicted octanol–water partition coefficient (Wildman–Crippen LogP) is -2.70. The molecule has 0 spiro atoms. The summed E-state index contributed by atoms with van der Waals surface area (Å²) in [4.78, 5) is 20.9. The maximum atomic E-state index is 10.6. The fourth-order valence-corrected chi connectivity index (χ4v) is 0.814. The molecule has 0 heterocycles. The van der Waals surface area contributed by atoms with E-state index in [0.717, 1.165) is 0 Å². The van der Waals surface area contributed by atoms with Crippen molar-refractivity contribution >= 4 is 11.9 Å². The summed E-state index contributed by atoms with van der Waals surface area (Å²) in [6, 6.07) is -1.28. The number of primary amides is 1. The first-order valence-corrected chi connectivity index (χ1v) is 3.08. The van der Waals surface area contributed by atoms with Crippen molar-refractivity contribution < 1.29 is 19.2 Å². The normalized spacial score (nSPS) is 14.1. The van der Waals surface area contributed by atoms with E-state index >= 15 is 0 Å². The Morgan fingerprint density at radius 1 is 1.36 bits per heavy atom. The van der Waals surface area contributed by atoms with Crippen molar-refractivity contribution in [1.82, 2.24) is 0 Å². The number of carbonyl (C=O) groups is 2. The van der Waals surface area contributed by atoms with E-state index in [1.807, 2.05) is 0 Å². The van der Waals surface area contributed by atoms with E-state index < -0.39 is 17.9 Å². The van der Waals surface area contributed by atoms with Crippen LogP contribution in [0.1, 0.15) is 0 Å². The molecule has 0 radical (unpaired) electrons. The maximum Gasteiger partial charge on any atom is 0.281 e. The van der Waals surface area contributed by atoms with Crippen molar-refractivity contribution in [2.45, 2.75) is 6.04 Å². The number of amides is 1. The molecule has 0 fully saturated rings. The van der Waals surface area contributed by atoms with Crippen LogP contribution in [0.25, 0.3) is 0 Å². The third kappa shape index (κ3) is 2.55. The molecule has 5 nitrogen and oxygen atoms in total. The Labute approximate surface area is 65.0 Å². The molecular weight excluding hydrogens is 148 g/mol. The van der Waals surface area contributed by atoms with Gasteiger partial charge in [-0.25, -0.2) is 0 Å². The lowest BCUT2D eigenvalue weighted by atomic mass is 10.2. The minimum Gasteiger partial charge on any atom is -0.543 e. The van der Waals surface area contributed by atoms with Crippen molar-refractivity contribution in [2.24, 2.45) is 5.73 Å². The number of nitrogens with zero attached hydrogens (tertiary/aromatic N) is 1. The topological polar surface area (TPSA) is 83.2 Å². The molecule has 0 saturated carbocycles. The van der Waals surface area contributed by atoms with Gasteiger partial charge in [-0.15, -0.1) is 0 Å². The highest BCUT2D eigenvalue weighted by molar-refractivity contribution is 5.98. The molecule has 0 bridgehead atoms.